The molecule has 2 bridgehead atoms. The van der Waals surface area contributed by atoms with Crippen molar-refractivity contribution < 1.29 is 71.3 Å². The van der Waals surface area contributed by atoms with E-state index in [4.69, 9.17) is 51.8 Å². The van der Waals surface area contributed by atoms with Gasteiger partial charge >= 0.3 is 11.9 Å². The lowest BCUT2D eigenvalue weighted by molar-refractivity contribution is -0.312. The number of fused-ring (bicyclic) bond motifs is 7. The molecule has 5 saturated heterocycles. The van der Waals surface area contributed by atoms with E-state index < -0.39 is 120 Å². The average Bonchev–Trinajstić information content (AvgIpc) is 3.66. The SMILES string of the molecule is COC(=O)[C@@]1(OCc2ccccc2)OC[C@]23[C@@H]1[C@](C)([C@]14O[C@@]1(C)[C@H]1C[C@@H]4O[C@@H]4O[C@@H](OC)C[C@@]41OCc1ccccc1)C(=O)[C@@H]1OC[C@](C(=O)OC)([C@H](O[Si](C)(C)C(C)(C)C)C[C@@H]2O)[C@H]13. The van der Waals surface area contributed by atoms with Gasteiger partial charge in [-0.05, 0) is 49.5 Å². The van der Waals surface area contributed by atoms with E-state index in [1.165, 1.54) is 14.2 Å². The molecule has 1 spiro atoms. The first-order chi connectivity index (χ1) is 30.7. The highest BCUT2D eigenvalue weighted by Gasteiger charge is 2.97. The Labute approximate surface area is 381 Å². The van der Waals surface area contributed by atoms with Crippen molar-refractivity contribution in [1.82, 2.24) is 0 Å². The summed E-state index contributed by atoms with van der Waals surface area (Å²) >= 11 is 0. The van der Waals surface area contributed by atoms with E-state index in [1.807, 2.05) is 67.6 Å². The third-order valence-corrected chi connectivity index (χ3v) is 22.5. The second-order valence-corrected chi connectivity index (χ2v) is 26.4. The number of epoxide rings is 1. The van der Waals surface area contributed by atoms with Gasteiger partial charge in [-0.25, -0.2) is 4.79 Å². The van der Waals surface area contributed by atoms with Crippen LogP contribution in [0.4, 0.5) is 0 Å². The quantitative estimate of drug-likeness (QED) is 0.166. The number of hydrogen-bond donors (Lipinski definition) is 1. The van der Waals surface area contributed by atoms with Gasteiger partial charge in [-0.3, -0.25) is 9.59 Å². The fraction of sp³-hybridized carbons (Fsp3) is 0.694. The summed E-state index contributed by atoms with van der Waals surface area (Å²) in [6, 6.07) is 19.1. The highest BCUT2D eigenvalue weighted by atomic mass is 28.4. The third kappa shape index (κ3) is 5.67. The van der Waals surface area contributed by atoms with Crippen LogP contribution < -0.4 is 0 Å². The van der Waals surface area contributed by atoms with Crippen molar-refractivity contribution in [1.29, 1.82) is 0 Å². The van der Waals surface area contributed by atoms with E-state index in [-0.39, 0.29) is 37.9 Å². The Morgan fingerprint density at radius 2 is 1.49 bits per heavy atom. The Hall–Kier alpha value is -3.13. The predicted octanol–water partition coefficient (Wildman–Crippen LogP) is 5.24. The number of esters is 2. The predicted molar refractivity (Wildman–Crippen MR) is 231 cm³/mol. The van der Waals surface area contributed by atoms with E-state index in [2.05, 4.69) is 33.9 Å². The zero-order valence-electron chi connectivity index (χ0n) is 39.1. The second kappa shape index (κ2) is 14.9. The van der Waals surface area contributed by atoms with Crippen LogP contribution in [-0.4, -0.2) is 125 Å². The number of carbonyl (C=O) groups is 3. The summed E-state index contributed by atoms with van der Waals surface area (Å²) in [5.41, 5.74) is -6.98. The Bertz CT molecular complexity index is 2220. The van der Waals surface area contributed by atoms with Gasteiger partial charge in [0, 0.05) is 37.2 Å². The highest BCUT2D eigenvalue weighted by molar-refractivity contribution is 6.74. The van der Waals surface area contributed by atoms with Crippen LogP contribution in [0.2, 0.25) is 18.1 Å². The van der Waals surface area contributed by atoms with Crippen molar-refractivity contribution >= 4 is 26.0 Å². The van der Waals surface area contributed by atoms with E-state index >= 15 is 9.59 Å². The smallest absolute Gasteiger partial charge is 0.366 e. The zero-order valence-corrected chi connectivity index (χ0v) is 40.1. The molecule has 0 unspecified atom stereocenters. The zero-order chi connectivity index (χ0) is 46.4. The van der Waals surface area contributed by atoms with Gasteiger partial charge in [0.15, 0.2) is 26.7 Å². The number of hydrogen-bond acceptors (Lipinski definition) is 15. The summed E-state index contributed by atoms with van der Waals surface area (Å²) in [5, 5.41) is 13.0. The fourth-order valence-corrected chi connectivity index (χ4v) is 15.5. The summed E-state index contributed by atoms with van der Waals surface area (Å²) in [7, 11) is 1.46. The molecule has 8 aliphatic rings. The maximum absolute atomic E-state index is 16.5. The van der Waals surface area contributed by atoms with Crippen molar-refractivity contribution in [3.63, 3.8) is 0 Å². The maximum atomic E-state index is 16.5. The normalized spacial score (nSPS) is 45.6. The molecule has 2 aromatic rings. The van der Waals surface area contributed by atoms with Gasteiger partial charge in [0.1, 0.15) is 28.3 Å². The molecule has 5 aliphatic heterocycles. The van der Waals surface area contributed by atoms with E-state index in [0.29, 0.717) is 12.8 Å². The minimum atomic E-state index is -2.67. The maximum Gasteiger partial charge on any atom is 0.366 e. The second-order valence-electron chi connectivity index (χ2n) is 21.6. The number of aliphatic hydroxyl groups is 1. The lowest BCUT2D eigenvalue weighted by Gasteiger charge is -2.64. The summed E-state index contributed by atoms with van der Waals surface area (Å²) in [6.07, 6.45) is -5.17. The first kappa shape index (κ1) is 45.6. The fourth-order valence-electron chi connectivity index (χ4n) is 14.2. The number of ketones is 1. The molecule has 65 heavy (non-hydrogen) atoms. The molecule has 5 heterocycles. The van der Waals surface area contributed by atoms with Crippen LogP contribution in [0.5, 0.6) is 0 Å². The standard InChI is InChI=1S/C49H64O15Si/c1-42(2,3)65(9,10)63-32-22-31(50)45-27-60-48(40(53)56-8,59-25-29-19-15-12-16-20-29)38(45)43(4,37(51)35-36(45)46(32,26-57-35)39(52)55-7)49-33-21-30(44(49,5)64-49)47(23-34(54-6)62-41(47)61-33)58-24-28-17-13-11-14-18-28/h11-20,30-36,38,41,50H,21-27H2,1-10H3/t30-,31+,32-,33+,34-,35-,36-,38+,41-,43-,44+,45+,46+,47+,48+,49+/m1/s1. The van der Waals surface area contributed by atoms with Crippen LogP contribution in [0.1, 0.15) is 65.0 Å². The summed E-state index contributed by atoms with van der Waals surface area (Å²) < 4.78 is 72.6. The van der Waals surface area contributed by atoms with Gasteiger partial charge in [-0.2, -0.15) is 0 Å². The van der Waals surface area contributed by atoms with E-state index in [0.717, 1.165) is 11.1 Å². The van der Waals surface area contributed by atoms with Crippen LogP contribution in [0.3, 0.4) is 0 Å². The number of methoxy groups -OCH3 is 3. The molecule has 10 rings (SSSR count). The Kier molecular flexibility index (Phi) is 10.5. The number of aliphatic hydroxyl groups excluding tert-OH is 1. The Morgan fingerprint density at radius 3 is 2.09 bits per heavy atom. The number of rotatable bonds is 12. The number of Topliss-reactive ketones (excluding diaryl/α,β-unsaturated/α-hetero) is 1. The van der Waals surface area contributed by atoms with Gasteiger partial charge in [-0.15, -0.1) is 0 Å². The van der Waals surface area contributed by atoms with Crippen molar-refractivity contribution in [2.24, 2.45) is 34.0 Å². The monoisotopic (exact) mass is 920 g/mol. The molecular weight excluding hydrogens is 857 g/mol. The van der Waals surface area contributed by atoms with Crippen molar-refractivity contribution in [3.05, 3.63) is 71.8 Å². The molecule has 3 aliphatic carbocycles. The van der Waals surface area contributed by atoms with Gasteiger partial charge in [0.2, 0.25) is 0 Å². The van der Waals surface area contributed by atoms with E-state index in [9.17, 15) is 9.90 Å². The molecule has 16 atom stereocenters. The molecular formula is C49H64O15Si. The molecule has 2 aromatic carbocycles. The Morgan fingerprint density at radius 1 is 0.862 bits per heavy atom. The van der Waals surface area contributed by atoms with Gasteiger partial charge in [-0.1, -0.05) is 81.4 Å². The summed E-state index contributed by atoms with van der Waals surface area (Å²) in [4.78, 5) is 46.4. The topological polar surface area (TPSA) is 176 Å². The molecule has 15 nitrogen and oxygen atoms in total. The molecule has 1 N–H and O–H groups in total. The summed E-state index contributed by atoms with van der Waals surface area (Å²) in [5.74, 6) is -7.11. The number of ether oxygens (including phenoxy) is 10. The molecule has 0 amide bonds. The van der Waals surface area contributed by atoms with Crippen molar-refractivity contribution in [3.8, 4) is 0 Å². The molecule has 16 heteroatoms. The molecule has 0 radical (unpaired) electrons. The van der Waals surface area contributed by atoms with Crippen LogP contribution >= 0.6 is 0 Å². The highest BCUT2D eigenvalue weighted by Crippen LogP contribution is 2.83. The molecule has 0 aromatic heterocycles. The molecule has 8 fully saturated rings. The van der Waals surface area contributed by atoms with Crippen molar-refractivity contribution in [2.75, 3.05) is 34.5 Å². The first-order valence-corrected chi connectivity index (χ1v) is 25.9. The first-order valence-electron chi connectivity index (χ1n) is 23.0. The van der Waals surface area contributed by atoms with Crippen molar-refractivity contribution in [2.45, 2.75) is 145 Å². The number of carbonyl (C=O) groups excluding carboxylic acids is 3. The average molecular weight is 921 g/mol. The van der Waals surface area contributed by atoms with Crippen LogP contribution in [0.15, 0.2) is 60.7 Å². The van der Waals surface area contributed by atoms with Gasteiger partial charge in [0.25, 0.3) is 5.79 Å². The minimum Gasteiger partial charge on any atom is -0.468 e. The minimum absolute atomic E-state index is 0.0489. The molecule has 354 valence electrons. The van der Waals surface area contributed by atoms with Crippen LogP contribution in [0, 0.1) is 34.0 Å². The van der Waals surface area contributed by atoms with Crippen LogP contribution in [0.25, 0.3) is 0 Å². The largest absolute Gasteiger partial charge is 0.468 e. The summed E-state index contributed by atoms with van der Waals surface area (Å²) in [6.45, 7) is 13.8. The Balaban J connectivity index is 1.16. The molecule has 3 saturated carbocycles. The number of benzene rings is 2. The lowest BCUT2D eigenvalue weighted by atomic mass is 9.38. The third-order valence-electron chi connectivity index (χ3n) is 18.0. The lowest BCUT2D eigenvalue weighted by Crippen LogP contribution is -2.78. The van der Waals surface area contributed by atoms with Gasteiger partial charge < -0.3 is 56.9 Å². The van der Waals surface area contributed by atoms with E-state index in [1.54, 1.807) is 14.0 Å². The van der Waals surface area contributed by atoms with Gasteiger partial charge in [0.05, 0.1) is 70.3 Å². The van der Waals surface area contributed by atoms with Crippen LogP contribution in [-0.2, 0) is 79.4 Å².